The topological polar surface area (TPSA) is 84.9 Å². The van der Waals surface area contributed by atoms with Gasteiger partial charge in [0, 0.05) is 43.9 Å². The summed E-state index contributed by atoms with van der Waals surface area (Å²) in [6.45, 7) is 3.29. The molecule has 3 aliphatic rings. The summed E-state index contributed by atoms with van der Waals surface area (Å²) in [4.78, 5) is 28.1. The van der Waals surface area contributed by atoms with E-state index in [1.54, 1.807) is 4.90 Å². The number of nitrogens with one attached hydrogen (secondary N) is 2. The van der Waals surface area contributed by atoms with Crippen LogP contribution < -0.4 is 15.5 Å². The van der Waals surface area contributed by atoms with Gasteiger partial charge in [-0.1, -0.05) is 0 Å². The maximum Gasteiger partial charge on any atom is 0.317 e. The predicted octanol–water partition coefficient (Wildman–Crippen LogP) is 1.56. The number of carbonyl (C=O) groups excluding carboxylic acids is 2. The summed E-state index contributed by atoms with van der Waals surface area (Å²) in [5.41, 5.74) is -0.308. The van der Waals surface area contributed by atoms with Crippen LogP contribution in [-0.2, 0) is 4.79 Å². The molecule has 1 aliphatic carbocycles. The van der Waals surface area contributed by atoms with Crippen molar-refractivity contribution in [3.05, 3.63) is 29.8 Å². The number of carbonyl (C=O) groups is 2. The smallest absolute Gasteiger partial charge is 0.317 e. The first-order valence-electron chi connectivity index (χ1n) is 10.1. The molecule has 2 unspecified atom stereocenters. The molecule has 158 valence electrons. The molecule has 1 aromatic rings. The van der Waals surface area contributed by atoms with Gasteiger partial charge in [0.2, 0.25) is 5.91 Å². The van der Waals surface area contributed by atoms with Crippen LogP contribution in [-0.4, -0.2) is 59.4 Å². The van der Waals surface area contributed by atoms with Gasteiger partial charge in [0.25, 0.3) is 0 Å². The molecule has 3 atom stereocenters. The second-order valence-electron chi connectivity index (χ2n) is 8.33. The van der Waals surface area contributed by atoms with Gasteiger partial charge in [0.05, 0.1) is 5.54 Å². The summed E-state index contributed by atoms with van der Waals surface area (Å²) >= 11 is 0. The van der Waals surface area contributed by atoms with Gasteiger partial charge in [-0.3, -0.25) is 4.79 Å². The fourth-order valence-corrected chi connectivity index (χ4v) is 4.64. The Morgan fingerprint density at radius 2 is 1.93 bits per heavy atom. The van der Waals surface area contributed by atoms with Crippen LogP contribution in [0.4, 0.5) is 19.3 Å². The number of anilines is 1. The fraction of sp³-hybridized carbons (Fsp3) is 0.600. The largest absolute Gasteiger partial charge is 0.371 e. The molecule has 1 aromatic carbocycles. The number of piperazine rings is 1. The molecule has 0 radical (unpaired) electrons. The van der Waals surface area contributed by atoms with Crippen molar-refractivity contribution < 1.29 is 23.5 Å². The number of hydrogen-bond acceptors (Lipinski definition) is 4. The molecule has 3 amide bonds. The molecule has 9 heteroatoms. The van der Waals surface area contributed by atoms with Crippen molar-refractivity contribution in [1.29, 1.82) is 0 Å². The molecule has 4 rings (SSSR count). The summed E-state index contributed by atoms with van der Waals surface area (Å²) in [6, 6.07) is 2.95. The summed E-state index contributed by atoms with van der Waals surface area (Å²) < 4.78 is 27.1. The zero-order chi connectivity index (χ0) is 20.8. The average molecular weight is 408 g/mol. The molecule has 0 aromatic heterocycles. The molecule has 3 N–H and O–H groups in total. The van der Waals surface area contributed by atoms with Gasteiger partial charge < -0.3 is 25.5 Å². The lowest BCUT2D eigenvalue weighted by molar-refractivity contribution is -0.132. The number of urea groups is 1. The van der Waals surface area contributed by atoms with E-state index >= 15 is 0 Å². The van der Waals surface area contributed by atoms with E-state index in [1.165, 1.54) is 12.1 Å². The Labute approximate surface area is 168 Å². The molecule has 2 aliphatic heterocycles. The highest BCUT2D eigenvalue weighted by molar-refractivity contribution is 5.79. The lowest BCUT2D eigenvalue weighted by Gasteiger charge is -2.41. The first-order valence-corrected chi connectivity index (χ1v) is 10.1. The van der Waals surface area contributed by atoms with Crippen LogP contribution >= 0.6 is 0 Å². The number of aliphatic hydroxyl groups excluding tert-OH is 1. The van der Waals surface area contributed by atoms with Gasteiger partial charge in [-0.15, -0.1) is 0 Å². The van der Waals surface area contributed by atoms with Crippen molar-refractivity contribution in [2.24, 2.45) is 5.92 Å². The second-order valence-corrected chi connectivity index (χ2v) is 8.33. The Balaban J connectivity index is 1.36. The Hall–Kier alpha value is -2.42. The van der Waals surface area contributed by atoms with Crippen molar-refractivity contribution in [2.45, 2.75) is 50.4 Å². The van der Waals surface area contributed by atoms with Crippen LogP contribution in [0, 0.1) is 17.6 Å². The number of aliphatic hydroxyl groups is 1. The Morgan fingerprint density at radius 1 is 1.24 bits per heavy atom. The normalized spacial score (nSPS) is 29.6. The summed E-state index contributed by atoms with van der Waals surface area (Å²) in [7, 11) is 0. The standard InChI is InChI=1S/C20H26F2N4O3/c1-12-11-25(6-7-26(12)16-9-14(21)8-15(22)10-16)17(27)4-5-20(13-2-3-13)18(28)23-19(29)24-20/h8-10,12-13,18,28H,2-7,11H2,1H3,(H2,23,24,29)/t12-,18?,20?/m0/s1. The molecule has 1 saturated carbocycles. The quantitative estimate of drug-likeness (QED) is 0.691. The molecular weight excluding hydrogens is 382 g/mol. The lowest BCUT2D eigenvalue weighted by Crippen LogP contribution is -2.55. The van der Waals surface area contributed by atoms with Crippen LogP contribution in [0.1, 0.15) is 32.6 Å². The van der Waals surface area contributed by atoms with Crippen LogP contribution in [0.3, 0.4) is 0 Å². The Bertz CT molecular complexity index is 799. The van der Waals surface area contributed by atoms with E-state index in [9.17, 15) is 23.5 Å². The average Bonchev–Trinajstić information content (AvgIpc) is 3.45. The molecule has 7 nitrogen and oxygen atoms in total. The molecule has 29 heavy (non-hydrogen) atoms. The predicted molar refractivity (Wildman–Crippen MR) is 102 cm³/mol. The van der Waals surface area contributed by atoms with Gasteiger partial charge >= 0.3 is 6.03 Å². The minimum atomic E-state index is -0.992. The van der Waals surface area contributed by atoms with Gasteiger partial charge in [-0.2, -0.15) is 0 Å². The third-order valence-electron chi connectivity index (χ3n) is 6.32. The van der Waals surface area contributed by atoms with Gasteiger partial charge in [-0.05, 0) is 44.2 Å². The van der Waals surface area contributed by atoms with Gasteiger partial charge in [-0.25, -0.2) is 13.6 Å². The minimum Gasteiger partial charge on any atom is -0.371 e. The summed E-state index contributed by atoms with van der Waals surface area (Å²) in [5.74, 6) is -1.11. The molecule has 0 bridgehead atoms. The van der Waals surface area contributed by atoms with Gasteiger partial charge in [0.1, 0.15) is 11.6 Å². The summed E-state index contributed by atoms with van der Waals surface area (Å²) in [5, 5.41) is 15.6. The summed E-state index contributed by atoms with van der Waals surface area (Å²) in [6.07, 6.45) is 1.45. The van der Waals surface area contributed by atoms with Crippen molar-refractivity contribution in [1.82, 2.24) is 15.5 Å². The Kier molecular flexibility index (Phi) is 5.10. The number of nitrogens with zero attached hydrogens (tertiary/aromatic N) is 2. The molecular formula is C20H26F2N4O3. The highest BCUT2D eigenvalue weighted by Crippen LogP contribution is 2.45. The molecule has 2 heterocycles. The van der Waals surface area contributed by atoms with Crippen molar-refractivity contribution >= 4 is 17.6 Å². The van der Waals surface area contributed by atoms with Crippen molar-refractivity contribution in [3.8, 4) is 0 Å². The molecule has 3 fully saturated rings. The zero-order valence-corrected chi connectivity index (χ0v) is 16.3. The minimum absolute atomic E-state index is 0.0460. The number of rotatable bonds is 5. The van der Waals surface area contributed by atoms with E-state index in [0.717, 1.165) is 18.9 Å². The van der Waals surface area contributed by atoms with Crippen LogP contribution in [0.2, 0.25) is 0 Å². The van der Waals surface area contributed by atoms with Crippen molar-refractivity contribution in [2.75, 3.05) is 24.5 Å². The second kappa shape index (κ2) is 7.44. The maximum absolute atomic E-state index is 13.5. The van der Waals surface area contributed by atoms with Crippen LogP contribution in [0.15, 0.2) is 18.2 Å². The van der Waals surface area contributed by atoms with E-state index in [0.29, 0.717) is 31.7 Å². The number of hydrogen-bond donors (Lipinski definition) is 3. The fourth-order valence-electron chi connectivity index (χ4n) is 4.64. The first kappa shape index (κ1) is 19.9. The van der Waals surface area contributed by atoms with E-state index in [-0.39, 0.29) is 24.3 Å². The van der Waals surface area contributed by atoms with Crippen LogP contribution in [0.25, 0.3) is 0 Å². The van der Waals surface area contributed by atoms with Gasteiger partial charge in [0.15, 0.2) is 6.23 Å². The maximum atomic E-state index is 13.5. The SMILES string of the molecule is C[C@H]1CN(C(=O)CCC2(C3CC3)NC(=O)NC2O)CCN1c1cc(F)cc(F)c1. The highest BCUT2D eigenvalue weighted by atomic mass is 19.1. The molecule has 2 saturated heterocycles. The number of benzene rings is 1. The number of amides is 3. The Morgan fingerprint density at radius 3 is 2.48 bits per heavy atom. The first-order chi connectivity index (χ1) is 13.8. The van der Waals surface area contributed by atoms with Crippen LogP contribution in [0.5, 0.6) is 0 Å². The number of halogens is 2. The van der Waals surface area contributed by atoms with Crippen molar-refractivity contribution in [3.63, 3.8) is 0 Å². The van der Waals surface area contributed by atoms with E-state index in [4.69, 9.17) is 0 Å². The highest BCUT2D eigenvalue weighted by Gasteiger charge is 2.55. The van der Waals surface area contributed by atoms with E-state index in [2.05, 4.69) is 10.6 Å². The lowest BCUT2D eigenvalue weighted by atomic mass is 9.86. The molecule has 0 spiro atoms. The van der Waals surface area contributed by atoms with E-state index in [1.807, 2.05) is 11.8 Å². The third kappa shape index (κ3) is 3.88. The van der Waals surface area contributed by atoms with E-state index < -0.39 is 29.4 Å². The zero-order valence-electron chi connectivity index (χ0n) is 16.3. The third-order valence-corrected chi connectivity index (χ3v) is 6.32. The monoisotopic (exact) mass is 408 g/mol.